The molecular formula is C13H17BrN2O2. The van der Waals surface area contributed by atoms with Crippen LogP contribution in [0.15, 0.2) is 16.6 Å². The molecule has 0 amide bonds. The fourth-order valence-corrected chi connectivity index (χ4v) is 2.67. The molecule has 0 saturated heterocycles. The molecule has 1 saturated carbocycles. The van der Waals surface area contributed by atoms with E-state index in [2.05, 4.69) is 21.2 Å². The topological polar surface area (TPSA) is 55.2 Å². The van der Waals surface area contributed by atoms with Gasteiger partial charge in [0.1, 0.15) is 0 Å². The van der Waals surface area contributed by atoms with E-state index in [1.54, 1.807) is 13.0 Å². The van der Waals surface area contributed by atoms with Crippen molar-refractivity contribution in [3.63, 3.8) is 0 Å². The Labute approximate surface area is 115 Å². The Morgan fingerprint density at radius 3 is 2.78 bits per heavy atom. The van der Waals surface area contributed by atoms with Crippen molar-refractivity contribution in [2.45, 2.75) is 32.6 Å². The molecule has 5 heteroatoms. The van der Waals surface area contributed by atoms with E-state index in [0.717, 1.165) is 22.6 Å². The smallest absolute Gasteiger partial charge is 0.273 e. The second-order valence-electron chi connectivity index (χ2n) is 4.89. The number of rotatable bonds is 5. The number of hydrogen-bond acceptors (Lipinski definition) is 3. The summed E-state index contributed by atoms with van der Waals surface area (Å²) in [5, 5.41) is 14.1. The molecular weight excluding hydrogens is 296 g/mol. The molecule has 1 aromatic rings. The average molecular weight is 313 g/mol. The molecule has 1 aliphatic rings. The lowest BCUT2D eigenvalue weighted by atomic mass is 9.83. The number of nitro benzene ring substituents is 1. The predicted molar refractivity (Wildman–Crippen MR) is 76.0 cm³/mol. The van der Waals surface area contributed by atoms with E-state index in [0.29, 0.717) is 5.56 Å². The number of hydrogen-bond donors (Lipinski definition) is 1. The van der Waals surface area contributed by atoms with E-state index < -0.39 is 0 Å². The molecule has 0 radical (unpaired) electrons. The summed E-state index contributed by atoms with van der Waals surface area (Å²) in [5.74, 6) is 0.871. The van der Waals surface area contributed by atoms with Crippen LogP contribution in [-0.2, 0) is 0 Å². The quantitative estimate of drug-likeness (QED) is 0.652. The zero-order chi connectivity index (χ0) is 13.1. The van der Waals surface area contributed by atoms with Gasteiger partial charge in [0, 0.05) is 28.3 Å². The zero-order valence-corrected chi connectivity index (χ0v) is 12.0. The number of nitrogens with zero attached hydrogens (tertiary/aromatic N) is 1. The van der Waals surface area contributed by atoms with Gasteiger partial charge in [0.25, 0.3) is 5.69 Å². The van der Waals surface area contributed by atoms with Gasteiger partial charge >= 0.3 is 0 Å². The van der Waals surface area contributed by atoms with E-state index >= 15 is 0 Å². The zero-order valence-electron chi connectivity index (χ0n) is 10.4. The Bertz CT molecular complexity index is 459. The number of nitrogens with one attached hydrogen (secondary N) is 1. The standard InChI is InChI=1S/C13H17BrN2O2/c1-9-7-12(11(14)8-13(9)16(17)18)15-6-5-10-3-2-4-10/h7-8,10,15H,2-6H2,1H3. The van der Waals surface area contributed by atoms with Gasteiger partial charge in [-0.2, -0.15) is 0 Å². The van der Waals surface area contributed by atoms with Gasteiger partial charge in [-0.3, -0.25) is 10.1 Å². The summed E-state index contributed by atoms with van der Waals surface area (Å²) in [6, 6.07) is 3.41. The second kappa shape index (κ2) is 5.69. The minimum absolute atomic E-state index is 0.159. The van der Waals surface area contributed by atoms with Crippen LogP contribution in [0.3, 0.4) is 0 Å². The van der Waals surface area contributed by atoms with E-state index in [4.69, 9.17) is 0 Å². The molecule has 1 aliphatic carbocycles. The van der Waals surface area contributed by atoms with Gasteiger partial charge in [-0.25, -0.2) is 0 Å². The van der Waals surface area contributed by atoms with Gasteiger partial charge in [-0.1, -0.05) is 19.3 Å². The van der Waals surface area contributed by atoms with Crippen LogP contribution >= 0.6 is 15.9 Å². The average Bonchev–Trinajstić information content (AvgIpc) is 2.25. The Morgan fingerprint density at radius 1 is 1.50 bits per heavy atom. The molecule has 2 rings (SSSR count). The summed E-state index contributed by atoms with van der Waals surface area (Å²) < 4.78 is 0.758. The SMILES string of the molecule is Cc1cc(NCCC2CCC2)c(Br)cc1[N+](=O)[O-]. The van der Waals surface area contributed by atoms with E-state index in [1.165, 1.54) is 25.7 Å². The Balaban J connectivity index is 1.99. The highest BCUT2D eigenvalue weighted by Gasteiger charge is 2.17. The fourth-order valence-electron chi connectivity index (χ4n) is 2.20. The predicted octanol–water partition coefficient (Wildman–Crippen LogP) is 4.27. The number of anilines is 1. The monoisotopic (exact) mass is 312 g/mol. The van der Waals surface area contributed by atoms with Gasteiger partial charge in [-0.05, 0) is 41.3 Å². The van der Waals surface area contributed by atoms with Gasteiger partial charge in [0.05, 0.1) is 4.92 Å². The molecule has 1 fully saturated rings. The maximum atomic E-state index is 10.8. The first kappa shape index (κ1) is 13.3. The van der Waals surface area contributed by atoms with Crippen molar-refractivity contribution in [3.8, 4) is 0 Å². The Kier molecular flexibility index (Phi) is 4.22. The van der Waals surface area contributed by atoms with Crippen LogP contribution in [0, 0.1) is 23.0 Å². The highest BCUT2D eigenvalue weighted by Crippen LogP contribution is 2.32. The maximum Gasteiger partial charge on any atom is 0.273 e. The Morgan fingerprint density at radius 2 is 2.22 bits per heavy atom. The van der Waals surface area contributed by atoms with Crippen LogP contribution in [0.1, 0.15) is 31.2 Å². The first-order chi connectivity index (χ1) is 8.58. The molecule has 0 atom stereocenters. The molecule has 18 heavy (non-hydrogen) atoms. The van der Waals surface area contributed by atoms with Crippen molar-refractivity contribution in [1.29, 1.82) is 0 Å². The number of halogens is 1. The molecule has 0 aliphatic heterocycles. The summed E-state index contributed by atoms with van der Waals surface area (Å²) in [7, 11) is 0. The van der Waals surface area contributed by atoms with Crippen molar-refractivity contribution in [2.24, 2.45) is 5.92 Å². The summed E-state index contributed by atoms with van der Waals surface area (Å²) in [5.41, 5.74) is 1.79. The number of benzene rings is 1. The summed E-state index contributed by atoms with van der Waals surface area (Å²) in [4.78, 5) is 10.5. The van der Waals surface area contributed by atoms with Crippen LogP contribution in [0.4, 0.5) is 11.4 Å². The Hall–Kier alpha value is -1.10. The lowest BCUT2D eigenvalue weighted by Crippen LogP contribution is -2.15. The molecule has 0 bridgehead atoms. The third kappa shape index (κ3) is 3.02. The van der Waals surface area contributed by atoms with Crippen molar-refractivity contribution < 1.29 is 4.92 Å². The van der Waals surface area contributed by atoms with Gasteiger partial charge in [0.2, 0.25) is 0 Å². The highest BCUT2D eigenvalue weighted by molar-refractivity contribution is 9.10. The van der Waals surface area contributed by atoms with Crippen LogP contribution in [-0.4, -0.2) is 11.5 Å². The molecule has 4 nitrogen and oxygen atoms in total. The summed E-state index contributed by atoms with van der Waals surface area (Å²) >= 11 is 3.38. The highest BCUT2D eigenvalue weighted by atomic mass is 79.9. The van der Waals surface area contributed by atoms with Crippen LogP contribution < -0.4 is 5.32 Å². The maximum absolute atomic E-state index is 10.8. The molecule has 0 spiro atoms. The van der Waals surface area contributed by atoms with Crippen molar-refractivity contribution in [3.05, 3.63) is 32.3 Å². The van der Waals surface area contributed by atoms with E-state index in [1.807, 2.05) is 6.07 Å². The van der Waals surface area contributed by atoms with Crippen LogP contribution in [0.25, 0.3) is 0 Å². The fraction of sp³-hybridized carbons (Fsp3) is 0.538. The molecule has 1 N–H and O–H groups in total. The second-order valence-corrected chi connectivity index (χ2v) is 5.74. The van der Waals surface area contributed by atoms with Crippen LogP contribution in [0.5, 0.6) is 0 Å². The molecule has 0 unspecified atom stereocenters. The third-order valence-corrected chi connectivity index (χ3v) is 4.23. The lowest BCUT2D eigenvalue weighted by molar-refractivity contribution is -0.385. The molecule has 0 aromatic heterocycles. The van der Waals surface area contributed by atoms with Crippen LogP contribution in [0.2, 0.25) is 0 Å². The number of aryl methyl sites for hydroxylation is 1. The van der Waals surface area contributed by atoms with E-state index in [-0.39, 0.29) is 10.6 Å². The van der Waals surface area contributed by atoms with E-state index in [9.17, 15) is 10.1 Å². The summed E-state index contributed by atoms with van der Waals surface area (Å²) in [6.45, 7) is 2.70. The summed E-state index contributed by atoms with van der Waals surface area (Å²) in [6.07, 6.45) is 5.25. The largest absolute Gasteiger partial charge is 0.384 e. The normalized spacial score (nSPS) is 15.2. The van der Waals surface area contributed by atoms with Gasteiger partial charge in [-0.15, -0.1) is 0 Å². The third-order valence-electron chi connectivity index (χ3n) is 3.58. The van der Waals surface area contributed by atoms with Gasteiger partial charge < -0.3 is 5.32 Å². The molecule has 0 heterocycles. The van der Waals surface area contributed by atoms with Crippen molar-refractivity contribution in [2.75, 3.05) is 11.9 Å². The lowest BCUT2D eigenvalue weighted by Gasteiger charge is -2.25. The first-order valence-corrected chi connectivity index (χ1v) is 7.05. The van der Waals surface area contributed by atoms with Crippen molar-refractivity contribution >= 4 is 27.3 Å². The molecule has 1 aromatic carbocycles. The molecule has 98 valence electrons. The van der Waals surface area contributed by atoms with Crippen molar-refractivity contribution in [1.82, 2.24) is 0 Å². The minimum atomic E-state index is -0.349. The first-order valence-electron chi connectivity index (χ1n) is 6.26. The van der Waals surface area contributed by atoms with Gasteiger partial charge in [0.15, 0.2) is 0 Å². The minimum Gasteiger partial charge on any atom is -0.384 e. The number of nitro groups is 1.